The topological polar surface area (TPSA) is 32.3 Å². The lowest BCUT2D eigenvalue weighted by atomic mass is 9.74. The highest BCUT2D eigenvalue weighted by molar-refractivity contribution is 4.95. The van der Waals surface area contributed by atoms with Gasteiger partial charge in [0.1, 0.15) is 0 Å². The number of halogens is 3. The molecule has 0 heterocycles. The van der Waals surface area contributed by atoms with E-state index in [1.807, 2.05) is 6.92 Å². The molecule has 15 heavy (non-hydrogen) atoms. The number of hydrogen-bond donors (Lipinski definition) is 2. The predicted molar refractivity (Wildman–Crippen MR) is 51.5 cm³/mol. The normalized spacial score (nSPS) is 33.0. The third-order valence-electron chi connectivity index (χ3n) is 3.38. The number of aliphatic hydroxyl groups excluding tert-OH is 1. The Balaban J connectivity index is 2.59. The average molecular weight is 225 g/mol. The summed E-state index contributed by atoms with van der Waals surface area (Å²) >= 11 is 0. The second-order valence-electron chi connectivity index (χ2n) is 4.43. The summed E-state index contributed by atoms with van der Waals surface area (Å²) in [6, 6.07) is 0. The van der Waals surface area contributed by atoms with E-state index in [9.17, 15) is 18.3 Å². The first-order chi connectivity index (χ1) is 6.90. The highest BCUT2D eigenvalue weighted by Crippen LogP contribution is 2.33. The average Bonchev–Trinajstić information content (AvgIpc) is 2.16. The van der Waals surface area contributed by atoms with Crippen LogP contribution in [0.2, 0.25) is 0 Å². The van der Waals surface area contributed by atoms with Gasteiger partial charge in [0.25, 0.3) is 0 Å². The molecule has 0 aliphatic heterocycles. The molecule has 0 aromatic rings. The summed E-state index contributed by atoms with van der Waals surface area (Å²) in [7, 11) is 0. The molecule has 0 radical (unpaired) electrons. The summed E-state index contributed by atoms with van der Waals surface area (Å²) in [4.78, 5) is 0. The molecule has 1 aliphatic carbocycles. The van der Waals surface area contributed by atoms with Gasteiger partial charge in [-0.15, -0.1) is 0 Å². The van der Waals surface area contributed by atoms with Crippen LogP contribution in [0.4, 0.5) is 13.2 Å². The number of nitrogens with one attached hydrogen (secondary N) is 1. The molecule has 5 heteroatoms. The molecule has 0 aromatic carbocycles. The van der Waals surface area contributed by atoms with Gasteiger partial charge in [0.05, 0.1) is 13.2 Å². The van der Waals surface area contributed by atoms with Gasteiger partial charge < -0.3 is 10.4 Å². The Labute approximate surface area is 87.9 Å². The van der Waals surface area contributed by atoms with Gasteiger partial charge in [0.2, 0.25) is 0 Å². The van der Waals surface area contributed by atoms with Crippen molar-refractivity contribution in [3.8, 4) is 0 Å². The summed E-state index contributed by atoms with van der Waals surface area (Å²) in [5.41, 5.74) is -0.728. The van der Waals surface area contributed by atoms with Crippen molar-refractivity contribution in [2.24, 2.45) is 5.92 Å². The van der Waals surface area contributed by atoms with Crippen LogP contribution in [0.15, 0.2) is 0 Å². The van der Waals surface area contributed by atoms with Crippen LogP contribution in [0.25, 0.3) is 0 Å². The maximum atomic E-state index is 12.1. The van der Waals surface area contributed by atoms with Crippen molar-refractivity contribution < 1.29 is 18.3 Å². The van der Waals surface area contributed by atoms with Crippen LogP contribution in [0, 0.1) is 5.92 Å². The third kappa shape index (κ3) is 3.34. The number of hydrogen-bond acceptors (Lipinski definition) is 2. The third-order valence-corrected chi connectivity index (χ3v) is 3.38. The molecule has 90 valence electrons. The first kappa shape index (κ1) is 12.8. The largest absolute Gasteiger partial charge is 0.401 e. The van der Waals surface area contributed by atoms with E-state index in [2.05, 4.69) is 5.32 Å². The second-order valence-corrected chi connectivity index (χ2v) is 4.43. The first-order valence-electron chi connectivity index (χ1n) is 5.32. The molecule has 0 amide bonds. The zero-order chi connectivity index (χ0) is 11.5. The van der Waals surface area contributed by atoms with Crippen molar-refractivity contribution in [3.63, 3.8) is 0 Å². The van der Waals surface area contributed by atoms with E-state index in [4.69, 9.17) is 0 Å². The van der Waals surface area contributed by atoms with E-state index in [-0.39, 0.29) is 12.5 Å². The lowest BCUT2D eigenvalue weighted by Crippen LogP contribution is -2.57. The van der Waals surface area contributed by atoms with Crippen molar-refractivity contribution in [2.75, 3.05) is 13.2 Å². The molecule has 2 nitrogen and oxygen atoms in total. The maximum Gasteiger partial charge on any atom is 0.401 e. The molecular weight excluding hydrogens is 207 g/mol. The van der Waals surface area contributed by atoms with Crippen molar-refractivity contribution in [3.05, 3.63) is 0 Å². The summed E-state index contributed by atoms with van der Waals surface area (Å²) < 4.78 is 36.3. The molecule has 1 rings (SSSR count). The Morgan fingerprint density at radius 3 is 2.53 bits per heavy atom. The van der Waals surface area contributed by atoms with Crippen LogP contribution in [0.1, 0.15) is 32.6 Å². The maximum absolute atomic E-state index is 12.1. The van der Waals surface area contributed by atoms with E-state index in [1.165, 1.54) is 0 Å². The SMILES string of the molecule is CC1CCCCC1(CO)NCC(F)(F)F. The Hall–Kier alpha value is -0.290. The van der Waals surface area contributed by atoms with E-state index in [0.717, 1.165) is 19.3 Å². The highest BCUT2D eigenvalue weighted by Gasteiger charge is 2.40. The van der Waals surface area contributed by atoms with E-state index >= 15 is 0 Å². The molecule has 2 N–H and O–H groups in total. The number of rotatable bonds is 3. The molecule has 1 saturated carbocycles. The smallest absolute Gasteiger partial charge is 0.394 e. The quantitative estimate of drug-likeness (QED) is 0.770. The Kier molecular flexibility index (Phi) is 4.00. The minimum atomic E-state index is -4.21. The van der Waals surface area contributed by atoms with Gasteiger partial charge in [0, 0.05) is 5.54 Å². The predicted octanol–water partition coefficient (Wildman–Crippen LogP) is 2.08. The Bertz CT molecular complexity index is 207. The zero-order valence-electron chi connectivity index (χ0n) is 8.90. The van der Waals surface area contributed by atoms with Crippen molar-refractivity contribution in [1.29, 1.82) is 0 Å². The summed E-state index contributed by atoms with van der Waals surface area (Å²) in [5.74, 6) is 0.0959. The Morgan fingerprint density at radius 2 is 2.07 bits per heavy atom. The molecule has 1 aliphatic rings. The van der Waals surface area contributed by atoms with Gasteiger partial charge in [-0.2, -0.15) is 13.2 Å². The van der Waals surface area contributed by atoms with Gasteiger partial charge in [-0.1, -0.05) is 19.8 Å². The van der Waals surface area contributed by atoms with Crippen LogP contribution < -0.4 is 5.32 Å². The molecular formula is C10H18F3NO. The lowest BCUT2D eigenvalue weighted by molar-refractivity contribution is -0.132. The number of alkyl halides is 3. The summed E-state index contributed by atoms with van der Waals surface area (Å²) in [5, 5.41) is 11.8. The second kappa shape index (κ2) is 4.70. The van der Waals surface area contributed by atoms with Crippen LogP contribution in [0.5, 0.6) is 0 Å². The minimum Gasteiger partial charge on any atom is -0.394 e. The molecule has 0 bridgehead atoms. The highest BCUT2D eigenvalue weighted by atomic mass is 19.4. The summed E-state index contributed by atoms with van der Waals surface area (Å²) in [6.45, 7) is 0.668. The molecule has 2 atom stereocenters. The van der Waals surface area contributed by atoms with Gasteiger partial charge in [-0.25, -0.2) is 0 Å². The van der Waals surface area contributed by atoms with Gasteiger partial charge >= 0.3 is 6.18 Å². The van der Waals surface area contributed by atoms with E-state index < -0.39 is 18.3 Å². The minimum absolute atomic E-state index is 0.0959. The van der Waals surface area contributed by atoms with Gasteiger partial charge in [0.15, 0.2) is 0 Å². The van der Waals surface area contributed by atoms with Crippen molar-refractivity contribution >= 4 is 0 Å². The fourth-order valence-corrected chi connectivity index (χ4v) is 2.24. The first-order valence-corrected chi connectivity index (χ1v) is 5.32. The Morgan fingerprint density at radius 1 is 1.40 bits per heavy atom. The molecule has 0 aromatic heterocycles. The van der Waals surface area contributed by atoms with Crippen molar-refractivity contribution in [2.45, 2.75) is 44.3 Å². The fourth-order valence-electron chi connectivity index (χ4n) is 2.24. The van der Waals surface area contributed by atoms with Gasteiger partial charge in [-0.3, -0.25) is 0 Å². The monoisotopic (exact) mass is 225 g/mol. The number of aliphatic hydroxyl groups is 1. The molecule has 2 unspecified atom stereocenters. The van der Waals surface area contributed by atoms with Crippen LogP contribution in [-0.4, -0.2) is 30.0 Å². The van der Waals surface area contributed by atoms with E-state index in [1.54, 1.807) is 0 Å². The van der Waals surface area contributed by atoms with Crippen molar-refractivity contribution in [1.82, 2.24) is 5.32 Å². The standard InChI is InChI=1S/C10H18F3NO/c1-8-4-2-3-5-9(8,7-15)14-6-10(11,12)13/h8,14-15H,2-7H2,1H3. The summed E-state index contributed by atoms with van der Waals surface area (Å²) in [6.07, 6.45) is -0.780. The zero-order valence-corrected chi connectivity index (χ0v) is 8.90. The van der Waals surface area contributed by atoms with Crippen LogP contribution in [-0.2, 0) is 0 Å². The molecule has 0 spiro atoms. The molecule has 1 fully saturated rings. The molecule has 0 saturated heterocycles. The fraction of sp³-hybridized carbons (Fsp3) is 1.00. The van der Waals surface area contributed by atoms with Gasteiger partial charge in [-0.05, 0) is 18.8 Å². The van der Waals surface area contributed by atoms with Crippen LogP contribution in [0.3, 0.4) is 0 Å². The van der Waals surface area contributed by atoms with E-state index in [0.29, 0.717) is 6.42 Å². The van der Waals surface area contributed by atoms with Crippen LogP contribution >= 0.6 is 0 Å². The lowest BCUT2D eigenvalue weighted by Gasteiger charge is -2.42.